The van der Waals surface area contributed by atoms with Crippen LogP contribution in [0.15, 0.2) is 70.1 Å². The molecule has 9 heteroatoms. The minimum atomic E-state index is -0.286. The third-order valence-electron chi connectivity index (χ3n) is 5.01. The molecule has 3 aromatic rings. The molecule has 0 atom stereocenters. The van der Waals surface area contributed by atoms with Crippen molar-refractivity contribution in [1.29, 1.82) is 0 Å². The van der Waals surface area contributed by atoms with Crippen LogP contribution in [0.2, 0.25) is 0 Å². The van der Waals surface area contributed by atoms with Crippen LogP contribution in [0.3, 0.4) is 0 Å². The van der Waals surface area contributed by atoms with E-state index in [9.17, 15) is 9.59 Å². The molecular weight excluding hydrogens is 449 g/mol. The third-order valence-corrected chi connectivity index (χ3v) is 5.73. The van der Waals surface area contributed by atoms with Crippen LogP contribution in [0.1, 0.15) is 18.4 Å². The number of carbonyl (C=O) groups excluding carboxylic acids is 1. The SMILES string of the molecule is C=CC(=O)Nc1ccc(Nc2ncc3cc(C4=C(Cl)CCC=C4Cl)c(=O)n(C)c3n2)cc1. The molecule has 0 saturated heterocycles. The second kappa shape index (κ2) is 8.98. The molecule has 0 spiro atoms. The maximum atomic E-state index is 13.1. The van der Waals surface area contributed by atoms with E-state index in [-0.39, 0.29) is 11.5 Å². The second-order valence-electron chi connectivity index (χ2n) is 7.16. The summed E-state index contributed by atoms with van der Waals surface area (Å²) >= 11 is 12.7. The number of halogens is 2. The number of hydrogen-bond donors (Lipinski definition) is 2. The van der Waals surface area contributed by atoms with Gasteiger partial charge >= 0.3 is 0 Å². The number of carbonyl (C=O) groups is 1. The topological polar surface area (TPSA) is 88.9 Å². The van der Waals surface area contributed by atoms with Crippen molar-refractivity contribution in [3.05, 3.63) is 81.2 Å². The summed E-state index contributed by atoms with van der Waals surface area (Å²) in [6.45, 7) is 3.42. The molecule has 7 nitrogen and oxygen atoms in total. The number of nitrogens with zero attached hydrogens (tertiary/aromatic N) is 3. The normalized spacial score (nSPS) is 13.7. The molecule has 1 aliphatic rings. The summed E-state index contributed by atoms with van der Waals surface area (Å²) in [6, 6.07) is 8.76. The minimum absolute atomic E-state index is 0.244. The molecule has 0 fully saturated rings. The Bertz CT molecular complexity index is 1360. The molecule has 4 rings (SSSR count). The summed E-state index contributed by atoms with van der Waals surface area (Å²) in [5, 5.41) is 7.51. The Morgan fingerprint density at radius 3 is 2.62 bits per heavy atom. The van der Waals surface area contributed by atoms with Crippen molar-refractivity contribution in [3.8, 4) is 0 Å². The number of benzene rings is 1. The van der Waals surface area contributed by atoms with Gasteiger partial charge in [-0.15, -0.1) is 0 Å². The predicted octanol–water partition coefficient (Wildman–Crippen LogP) is 5.06. The van der Waals surface area contributed by atoms with Gasteiger partial charge in [0.2, 0.25) is 11.9 Å². The van der Waals surface area contributed by atoms with Crippen molar-refractivity contribution in [2.45, 2.75) is 12.8 Å². The van der Waals surface area contributed by atoms with Crippen molar-refractivity contribution >= 4 is 63.0 Å². The summed E-state index contributed by atoms with van der Waals surface area (Å²) in [5.41, 5.74) is 2.57. The van der Waals surface area contributed by atoms with E-state index in [4.69, 9.17) is 23.2 Å². The third kappa shape index (κ3) is 4.30. The predicted molar refractivity (Wildman–Crippen MR) is 129 cm³/mol. The van der Waals surface area contributed by atoms with Crippen LogP contribution in [-0.4, -0.2) is 20.4 Å². The van der Waals surface area contributed by atoms with Crippen LogP contribution >= 0.6 is 23.2 Å². The van der Waals surface area contributed by atoms with E-state index in [0.717, 1.165) is 12.1 Å². The number of nitrogens with one attached hydrogen (secondary N) is 2. The van der Waals surface area contributed by atoms with Gasteiger partial charge in [-0.25, -0.2) is 4.98 Å². The number of hydrogen-bond acceptors (Lipinski definition) is 5. The number of aromatic nitrogens is 3. The lowest BCUT2D eigenvalue weighted by Crippen LogP contribution is -2.22. The van der Waals surface area contributed by atoms with Crippen molar-refractivity contribution in [2.24, 2.45) is 7.05 Å². The number of fused-ring (bicyclic) bond motifs is 1. The van der Waals surface area contributed by atoms with Crippen LogP contribution in [0.5, 0.6) is 0 Å². The van der Waals surface area contributed by atoms with Gasteiger partial charge in [0.15, 0.2) is 0 Å². The Morgan fingerprint density at radius 2 is 1.94 bits per heavy atom. The average Bonchev–Trinajstić information content (AvgIpc) is 2.78. The molecule has 2 heterocycles. The number of allylic oxidation sites excluding steroid dienone is 4. The highest BCUT2D eigenvalue weighted by molar-refractivity contribution is 6.42. The molecule has 0 saturated carbocycles. The lowest BCUT2D eigenvalue weighted by molar-refractivity contribution is -0.111. The maximum absolute atomic E-state index is 13.1. The van der Waals surface area contributed by atoms with E-state index in [2.05, 4.69) is 27.2 Å². The highest BCUT2D eigenvalue weighted by atomic mass is 35.5. The zero-order chi connectivity index (χ0) is 22.8. The van der Waals surface area contributed by atoms with Crippen molar-refractivity contribution in [2.75, 3.05) is 10.6 Å². The Hall–Kier alpha value is -3.42. The first-order valence-corrected chi connectivity index (χ1v) is 10.6. The van der Waals surface area contributed by atoms with Crippen LogP contribution in [-0.2, 0) is 11.8 Å². The number of aryl methyl sites for hydroxylation is 1. The van der Waals surface area contributed by atoms with Gasteiger partial charge in [-0.05, 0) is 49.2 Å². The van der Waals surface area contributed by atoms with E-state index in [1.54, 1.807) is 43.6 Å². The monoisotopic (exact) mass is 467 g/mol. The molecule has 2 N–H and O–H groups in total. The fourth-order valence-corrected chi connectivity index (χ4v) is 4.09. The lowest BCUT2D eigenvalue weighted by Gasteiger charge is -2.16. The number of amides is 1. The molecule has 1 aromatic carbocycles. The Balaban J connectivity index is 1.66. The first-order chi connectivity index (χ1) is 15.4. The van der Waals surface area contributed by atoms with E-state index >= 15 is 0 Å². The fourth-order valence-electron chi connectivity index (χ4n) is 3.40. The van der Waals surface area contributed by atoms with E-state index < -0.39 is 0 Å². The highest BCUT2D eigenvalue weighted by Crippen LogP contribution is 2.36. The van der Waals surface area contributed by atoms with Gasteiger partial charge in [-0.1, -0.05) is 35.9 Å². The Kier molecular flexibility index (Phi) is 6.12. The summed E-state index contributed by atoms with van der Waals surface area (Å²) in [5.74, 6) is 0.0434. The molecule has 0 bridgehead atoms. The molecule has 2 aromatic heterocycles. The zero-order valence-corrected chi connectivity index (χ0v) is 18.7. The molecule has 162 valence electrons. The Morgan fingerprint density at radius 1 is 1.22 bits per heavy atom. The minimum Gasteiger partial charge on any atom is -0.324 e. The number of anilines is 3. The first-order valence-electron chi connectivity index (χ1n) is 9.79. The van der Waals surface area contributed by atoms with Gasteiger partial charge in [0, 0.05) is 45.6 Å². The quantitative estimate of drug-likeness (QED) is 0.511. The average molecular weight is 468 g/mol. The molecular formula is C23H19Cl2N5O2. The molecule has 1 amide bonds. The van der Waals surface area contributed by atoms with Crippen LogP contribution < -0.4 is 16.2 Å². The fraction of sp³-hybridized carbons (Fsp3) is 0.130. The van der Waals surface area contributed by atoms with E-state index in [1.165, 1.54) is 10.6 Å². The number of rotatable bonds is 5. The summed E-state index contributed by atoms with van der Waals surface area (Å²) in [4.78, 5) is 33.3. The molecule has 1 aliphatic carbocycles. The second-order valence-corrected chi connectivity index (χ2v) is 8.02. The van der Waals surface area contributed by atoms with E-state index in [1.807, 2.05) is 6.08 Å². The lowest BCUT2D eigenvalue weighted by atomic mass is 9.99. The smallest absolute Gasteiger partial charge is 0.259 e. The number of pyridine rings is 1. The molecule has 0 radical (unpaired) electrons. The molecule has 0 aliphatic heterocycles. The summed E-state index contributed by atoms with van der Waals surface area (Å²) in [7, 11) is 1.65. The maximum Gasteiger partial charge on any atom is 0.259 e. The summed E-state index contributed by atoms with van der Waals surface area (Å²) in [6.07, 6.45) is 6.09. The van der Waals surface area contributed by atoms with Gasteiger partial charge in [0.25, 0.3) is 5.56 Å². The van der Waals surface area contributed by atoms with Gasteiger partial charge in [-0.2, -0.15) is 4.98 Å². The van der Waals surface area contributed by atoms with Gasteiger partial charge in [0.05, 0.1) is 5.56 Å². The summed E-state index contributed by atoms with van der Waals surface area (Å²) < 4.78 is 1.46. The van der Waals surface area contributed by atoms with Crippen LogP contribution in [0, 0.1) is 0 Å². The molecule has 32 heavy (non-hydrogen) atoms. The Labute approximate surface area is 194 Å². The van der Waals surface area contributed by atoms with Gasteiger partial charge in [-0.3, -0.25) is 14.2 Å². The first kappa shape index (κ1) is 21.8. The molecule has 0 unspecified atom stereocenters. The largest absolute Gasteiger partial charge is 0.324 e. The van der Waals surface area contributed by atoms with Crippen LogP contribution in [0.4, 0.5) is 17.3 Å². The van der Waals surface area contributed by atoms with Crippen molar-refractivity contribution < 1.29 is 4.79 Å². The van der Waals surface area contributed by atoms with Crippen LogP contribution in [0.25, 0.3) is 16.6 Å². The highest BCUT2D eigenvalue weighted by Gasteiger charge is 2.20. The zero-order valence-electron chi connectivity index (χ0n) is 17.2. The van der Waals surface area contributed by atoms with Crippen molar-refractivity contribution in [3.63, 3.8) is 0 Å². The standard InChI is InChI=1S/C23H19Cl2N5O2/c1-3-19(31)27-14-7-9-15(10-8-14)28-23-26-12-13-11-16(22(32)30(2)21(13)29-23)20-17(24)5-4-6-18(20)25/h3,5,7-12H,1,4,6H2,2H3,(H,27,31)(H,26,28,29). The van der Waals surface area contributed by atoms with Crippen molar-refractivity contribution in [1.82, 2.24) is 14.5 Å². The van der Waals surface area contributed by atoms with Gasteiger partial charge < -0.3 is 10.6 Å². The van der Waals surface area contributed by atoms with E-state index in [0.29, 0.717) is 50.3 Å². The van der Waals surface area contributed by atoms with Gasteiger partial charge in [0.1, 0.15) is 5.65 Å².